The van der Waals surface area contributed by atoms with Crippen LogP contribution in [0.2, 0.25) is 0 Å². The molecule has 0 aliphatic rings. The summed E-state index contributed by atoms with van der Waals surface area (Å²) in [5, 5.41) is 21.4. The second-order valence-corrected chi connectivity index (χ2v) is 4.11. The summed E-state index contributed by atoms with van der Waals surface area (Å²) in [4.78, 5) is 46.3. The summed E-state index contributed by atoms with van der Waals surface area (Å²) in [6, 6.07) is -1.40. The molecule has 114 valence electrons. The summed E-state index contributed by atoms with van der Waals surface area (Å²) >= 11 is 0. The number of rotatable bonds is 8. The van der Waals surface area contributed by atoms with E-state index in [9.17, 15) is 24.5 Å². The number of nitrogens with zero attached hydrogens (tertiary/aromatic N) is 3. The Hall–Kier alpha value is -2.98. The molecule has 0 unspecified atom stereocenters. The van der Waals surface area contributed by atoms with Crippen LogP contribution in [0.25, 0.3) is 0 Å². The molecule has 1 rings (SSSR count). The van der Waals surface area contributed by atoms with E-state index in [2.05, 4.69) is 10.3 Å². The van der Waals surface area contributed by atoms with Crippen LogP contribution in [0.15, 0.2) is 12.5 Å². The van der Waals surface area contributed by atoms with Gasteiger partial charge in [-0.3, -0.25) is 9.59 Å². The van der Waals surface area contributed by atoms with Gasteiger partial charge in [0.05, 0.1) is 6.42 Å². The number of imidazole rings is 1. The van der Waals surface area contributed by atoms with Gasteiger partial charge in [-0.1, -0.05) is 0 Å². The molecule has 1 atom stereocenters. The summed E-state index contributed by atoms with van der Waals surface area (Å²) in [7, 11) is 0. The van der Waals surface area contributed by atoms with Crippen molar-refractivity contribution in [1.82, 2.24) is 14.9 Å². The third kappa shape index (κ3) is 5.26. The van der Waals surface area contributed by atoms with E-state index < -0.39 is 35.2 Å². The maximum Gasteiger partial charge on any atom is 0.381 e. The van der Waals surface area contributed by atoms with E-state index >= 15 is 0 Å². The number of carbonyl (C=O) groups is 3. The maximum absolute atomic E-state index is 11.6. The van der Waals surface area contributed by atoms with E-state index in [0.717, 1.165) is 6.20 Å². The third-order valence-electron chi connectivity index (χ3n) is 2.44. The first kappa shape index (κ1) is 16.1. The molecule has 0 aromatic carbocycles. The van der Waals surface area contributed by atoms with Gasteiger partial charge >= 0.3 is 11.8 Å². The maximum atomic E-state index is 11.6. The minimum absolute atomic E-state index is 0.0790. The number of nitro groups is 1. The number of carboxylic acid groups (broad SMARTS) is 1. The number of aryl methyl sites for hydroxylation is 1. The van der Waals surface area contributed by atoms with E-state index in [1.54, 1.807) is 0 Å². The molecule has 0 bridgehead atoms. The SMILES string of the molecule is NC(=O)C[C@H](NC(=O)CCn1cnc([N+](=O)[O-])c1)C(=O)O. The Morgan fingerprint density at radius 2 is 2.19 bits per heavy atom. The highest BCUT2D eigenvalue weighted by atomic mass is 16.6. The number of nitrogens with one attached hydrogen (secondary N) is 1. The molecule has 0 spiro atoms. The van der Waals surface area contributed by atoms with Crippen molar-refractivity contribution in [3.63, 3.8) is 0 Å². The molecule has 0 aliphatic heterocycles. The van der Waals surface area contributed by atoms with Gasteiger partial charge in [0.15, 0.2) is 0 Å². The van der Waals surface area contributed by atoms with Crippen LogP contribution in [0.3, 0.4) is 0 Å². The summed E-state index contributed by atoms with van der Waals surface area (Å²) in [5.74, 6) is -3.21. The van der Waals surface area contributed by atoms with Gasteiger partial charge in [-0.2, -0.15) is 0 Å². The van der Waals surface area contributed by atoms with E-state index in [-0.39, 0.29) is 18.8 Å². The Kier molecular flexibility index (Phi) is 5.34. The number of nitrogens with two attached hydrogens (primary N) is 1. The highest BCUT2D eigenvalue weighted by Crippen LogP contribution is 2.06. The van der Waals surface area contributed by atoms with Crippen molar-refractivity contribution in [2.24, 2.45) is 5.73 Å². The zero-order chi connectivity index (χ0) is 16.0. The second kappa shape index (κ2) is 6.98. The monoisotopic (exact) mass is 299 g/mol. The van der Waals surface area contributed by atoms with Crippen molar-refractivity contribution in [2.75, 3.05) is 0 Å². The van der Waals surface area contributed by atoms with Crippen LogP contribution < -0.4 is 11.1 Å². The summed E-state index contributed by atoms with van der Waals surface area (Å²) in [6.45, 7) is 0.0790. The lowest BCUT2D eigenvalue weighted by atomic mass is 10.2. The minimum Gasteiger partial charge on any atom is -0.480 e. The molecule has 0 saturated heterocycles. The minimum atomic E-state index is -1.40. The van der Waals surface area contributed by atoms with E-state index in [1.165, 1.54) is 10.9 Å². The molecule has 11 nitrogen and oxygen atoms in total. The molecule has 2 amide bonds. The Morgan fingerprint density at radius 1 is 1.52 bits per heavy atom. The zero-order valence-electron chi connectivity index (χ0n) is 10.8. The number of hydrogen-bond acceptors (Lipinski definition) is 6. The molecule has 0 fully saturated rings. The van der Waals surface area contributed by atoms with Gasteiger partial charge in [0.2, 0.25) is 18.1 Å². The number of amides is 2. The number of carboxylic acids is 1. The molecule has 1 aromatic rings. The zero-order valence-corrected chi connectivity index (χ0v) is 10.8. The predicted molar refractivity (Wildman–Crippen MR) is 66.9 cm³/mol. The van der Waals surface area contributed by atoms with Gasteiger partial charge in [0.1, 0.15) is 12.2 Å². The lowest BCUT2D eigenvalue weighted by Gasteiger charge is -2.12. The van der Waals surface area contributed by atoms with E-state index in [1.807, 2.05) is 0 Å². The van der Waals surface area contributed by atoms with Gasteiger partial charge in [0.25, 0.3) is 0 Å². The largest absolute Gasteiger partial charge is 0.480 e. The van der Waals surface area contributed by atoms with Crippen LogP contribution in [-0.4, -0.2) is 43.4 Å². The van der Waals surface area contributed by atoms with Crippen molar-refractivity contribution in [2.45, 2.75) is 25.4 Å². The van der Waals surface area contributed by atoms with Crippen molar-refractivity contribution in [3.8, 4) is 0 Å². The molecular weight excluding hydrogens is 286 g/mol. The number of aromatic nitrogens is 2. The number of carbonyl (C=O) groups excluding carboxylic acids is 2. The van der Waals surface area contributed by atoms with Crippen molar-refractivity contribution >= 4 is 23.6 Å². The average molecular weight is 299 g/mol. The highest BCUT2D eigenvalue weighted by Gasteiger charge is 2.22. The molecule has 11 heteroatoms. The molecule has 1 aromatic heterocycles. The van der Waals surface area contributed by atoms with Gasteiger partial charge in [-0.15, -0.1) is 0 Å². The fourth-order valence-electron chi connectivity index (χ4n) is 1.46. The lowest BCUT2D eigenvalue weighted by Crippen LogP contribution is -2.43. The average Bonchev–Trinajstić information content (AvgIpc) is 2.83. The normalized spacial score (nSPS) is 11.6. The Bertz CT molecular complexity index is 568. The van der Waals surface area contributed by atoms with Gasteiger partial charge in [-0.25, -0.2) is 4.79 Å². The summed E-state index contributed by atoms with van der Waals surface area (Å²) < 4.78 is 1.32. The molecule has 4 N–H and O–H groups in total. The van der Waals surface area contributed by atoms with Crippen molar-refractivity contribution in [3.05, 3.63) is 22.6 Å². The Morgan fingerprint density at radius 3 is 2.67 bits per heavy atom. The van der Waals surface area contributed by atoms with Crippen LogP contribution in [0.5, 0.6) is 0 Å². The molecule has 0 radical (unpaired) electrons. The standard InChI is InChI=1S/C10H13N5O6/c11-7(16)3-6(10(18)19)13-9(17)1-2-14-4-8(12-5-14)15(20)21/h4-6H,1-3H2,(H2,11,16)(H,13,17)(H,18,19)/t6-/m0/s1. The van der Waals surface area contributed by atoms with Gasteiger partial charge in [0, 0.05) is 13.0 Å². The Labute approximate surface area is 117 Å². The molecule has 0 saturated carbocycles. The highest BCUT2D eigenvalue weighted by molar-refractivity contribution is 5.88. The smallest absolute Gasteiger partial charge is 0.381 e. The predicted octanol–water partition coefficient (Wildman–Crippen LogP) is -1.37. The summed E-state index contributed by atoms with van der Waals surface area (Å²) in [5.41, 5.74) is 4.87. The van der Waals surface area contributed by atoms with Crippen LogP contribution >= 0.6 is 0 Å². The van der Waals surface area contributed by atoms with Crippen LogP contribution in [0, 0.1) is 10.1 Å². The van der Waals surface area contributed by atoms with Crippen LogP contribution in [-0.2, 0) is 20.9 Å². The fourth-order valence-corrected chi connectivity index (χ4v) is 1.46. The molecule has 1 heterocycles. The van der Waals surface area contributed by atoms with E-state index in [4.69, 9.17) is 10.8 Å². The number of primary amides is 1. The first-order valence-corrected chi connectivity index (χ1v) is 5.76. The van der Waals surface area contributed by atoms with E-state index in [0.29, 0.717) is 0 Å². The fraction of sp³-hybridized carbons (Fsp3) is 0.400. The number of hydrogen-bond donors (Lipinski definition) is 3. The third-order valence-corrected chi connectivity index (χ3v) is 2.44. The first-order valence-electron chi connectivity index (χ1n) is 5.76. The summed E-state index contributed by atoms with van der Waals surface area (Å²) in [6.07, 6.45) is 1.68. The molecule has 0 aliphatic carbocycles. The topological polar surface area (TPSA) is 170 Å². The lowest BCUT2D eigenvalue weighted by molar-refractivity contribution is -0.389. The molecule has 21 heavy (non-hydrogen) atoms. The van der Waals surface area contributed by atoms with Crippen LogP contribution in [0.1, 0.15) is 12.8 Å². The molecular formula is C10H13N5O6. The Balaban J connectivity index is 2.50. The van der Waals surface area contributed by atoms with Crippen molar-refractivity contribution in [1.29, 1.82) is 0 Å². The van der Waals surface area contributed by atoms with Gasteiger partial charge < -0.3 is 30.8 Å². The number of aliphatic carboxylic acids is 1. The quantitative estimate of drug-likeness (QED) is 0.392. The van der Waals surface area contributed by atoms with Crippen LogP contribution in [0.4, 0.5) is 5.82 Å². The first-order chi connectivity index (χ1) is 9.79. The van der Waals surface area contributed by atoms with Gasteiger partial charge in [-0.05, 0) is 9.91 Å². The second-order valence-electron chi connectivity index (χ2n) is 4.11. The van der Waals surface area contributed by atoms with Crippen molar-refractivity contribution < 1.29 is 24.4 Å².